The smallest absolute Gasteiger partial charge is 0.257 e. The summed E-state index contributed by atoms with van der Waals surface area (Å²) in [6, 6.07) is 7.94. The highest BCUT2D eigenvalue weighted by atomic mass is 19.1. The molecule has 1 amide bonds. The number of para-hydroxylation sites is 1. The fraction of sp³-hybridized carbons (Fsp3) is 0.364. The number of carbonyl (C=O) groups excluding carboxylic acids is 2. The Morgan fingerprint density at radius 1 is 1.03 bits per heavy atom. The van der Waals surface area contributed by atoms with Crippen molar-refractivity contribution in [2.75, 3.05) is 13.1 Å². The quantitative estimate of drug-likeness (QED) is 0.682. The number of carbonyl (C=O) groups is 2. The fourth-order valence-electron chi connectivity index (χ4n) is 3.50. The Morgan fingerprint density at radius 3 is 2.21 bits per heavy atom. The maximum Gasteiger partial charge on any atom is 0.257 e. The summed E-state index contributed by atoms with van der Waals surface area (Å²) in [6.07, 6.45) is 0.454. The molecule has 0 bridgehead atoms. The van der Waals surface area contributed by atoms with Crippen molar-refractivity contribution in [1.29, 1.82) is 0 Å². The number of amides is 1. The van der Waals surface area contributed by atoms with Gasteiger partial charge in [-0.1, -0.05) is 12.1 Å². The fourth-order valence-corrected chi connectivity index (χ4v) is 3.50. The van der Waals surface area contributed by atoms with E-state index in [1.807, 2.05) is 13.8 Å². The van der Waals surface area contributed by atoms with Gasteiger partial charge in [0.15, 0.2) is 5.78 Å². The van der Waals surface area contributed by atoms with Crippen LogP contribution in [0, 0.1) is 23.4 Å². The molecule has 29 heavy (non-hydrogen) atoms. The Labute approximate surface area is 167 Å². The maximum absolute atomic E-state index is 13.9. The maximum atomic E-state index is 13.9. The lowest BCUT2D eigenvalue weighted by Gasteiger charge is -2.32. The minimum Gasteiger partial charge on any atom is -0.490 e. The van der Waals surface area contributed by atoms with Crippen molar-refractivity contribution in [1.82, 2.24) is 4.90 Å². The Hall–Kier alpha value is -2.83. The summed E-state index contributed by atoms with van der Waals surface area (Å²) in [5.74, 6) is -4.53. The molecule has 0 saturated carbocycles. The average Bonchev–Trinajstić information content (AvgIpc) is 2.66. The van der Waals surface area contributed by atoms with Crippen LogP contribution in [0.3, 0.4) is 0 Å². The van der Waals surface area contributed by atoms with Crippen molar-refractivity contribution >= 4 is 11.7 Å². The SMILES string of the molecule is CC(C)Oc1ccccc1C(=O)N1CCC(C(=O)c2c(F)cc(F)cc2F)CC1. The molecule has 3 rings (SSSR count). The lowest BCUT2D eigenvalue weighted by molar-refractivity contribution is 0.0642. The number of halogens is 3. The summed E-state index contributed by atoms with van der Waals surface area (Å²) in [5.41, 5.74) is -0.284. The molecule has 0 unspecified atom stereocenters. The van der Waals surface area contributed by atoms with Gasteiger partial charge in [0.25, 0.3) is 5.91 Å². The van der Waals surface area contributed by atoms with Crippen LogP contribution >= 0.6 is 0 Å². The van der Waals surface area contributed by atoms with Gasteiger partial charge in [-0.2, -0.15) is 0 Å². The highest BCUT2D eigenvalue weighted by molar-refractivity contribution is 5.99. The van der Waals surface area contributed by atoms with Crippen molar-refractivity contribution in [3.05, 3.63) is 65.0 Å². The van der Waals surface area contributed by atoms with Crippen LogP contribution in [0.5, 0.6) is 5.75 Å². The van der Waals surface area contributed by atoms with Crippen LogP contribution in [0.4, 0.5) is 13.2 Å². The van der Waals surface area contributed by atoms with Crippen LogP contribution in [-0.4, -0.2) is 35.8 Å². The van der Waals surface area contributed by atoms with E-state index in [0.717, 1.165) is 0 Å². The molecular weight excluding hydrogens is 383 g/mol. The first-order valence-electron chi connectivity index (χ1n) is 9.51. The molecule has 0 radical (unpaired) electrons. The molecule has 0 atom stereocenters. The van der Waals surface area contributed by atoms with E-state index in [9.17, 15) is 22.8 Å². The zero-order valence-corrected chi connectivity index (χ0v) is 16.3. The third-order valence-corrected chi connectivity index (χ3v) is 4.89. The lowest BCUT2D eigenvalue weighted by atomic mass is 9.88. The van der Waals surface area contributed by atoms with Gasteiger partial charge < -0.3 is 9.64 Å². The molecule has 0 N–H and O–H groups in total. The van der Waals surface area contributed by atoms with Gasteiger partial charge in [0.1, 0.15) is 23.2 Å². The van der Waals surface area contributed by atoms with Gasteiger partial charge in [-0.15, -0.1) is 0 Å². The van der Waals surface area contributed by atoms with Gasteiger partial charge in [-0.3, -0.25) is 9.59 Å². The van der Waals surface area contributed by atoms with Crippen molar-refractivity contribution in [2.45, 2.75) is 32.8 Å². The summed E-state index contributed by atoms with van der Waals surface area (Å²) in [6.45, 7) is 4.28. The largest absolute Gasteiger partial charge is 0.490 e. The van der Waals surface area contributed by atoms with Gasteiger partial charge in [0.2, 0.25) is 0 Å². The van der Waals surface area contributed by atoms with Crippen LogP contribution in [0.25, 0.3) is 0 Å². The van der Waals surface area contributed by atoms with Gasteiger partial charge >= 0.3 is 0 Å². The zero-order chi connectivity index (χ0) is 21.1. The van der Waals surface area contributed by atoms with Gasteiger partial charge in [-0.25, -0.2) is 13.2 Å². The van der Waals surface area contributed by atoms with E-state index >= 15 is 0 Å². The molecule has 7 heteroatoms. The van der Waals surface area contributed by atoms with Crippen LogP contribution in [-0.2, 0) is 0 Å². The highest BCUT2D eigenvalue weighted by Gasteiger charge is 2.32. The second-order valence-electron chi connectivity index (χ2n) is 7.34. The van der Waals surface area contributed by atoms with Crippen molar-refractivity contribution < 1.29 is 27.5 Å². The van der Waals surface area contributed by atoms with Gasteiger partial charge in [-0.05, 0) is 38.8 Å². The summed E-state index contributed by atoms with van der Waals surface area (Å²) >= 11 is 0. The predicted molar refractivity (Wildman–Crippen MR) is 101 cm³/mol. The number of ketones is 1. The van der Waals surface area contributed by atoms with E-state index in [-0.39, 0.29) is 37.9 Å². The van der Waals surface area contributed by atoms with Gasteiger partial charge in [0.05, 0.1) is 17.2 Å². The highest BCUT2D eigenvalue weighted by Crippen LogP contribution is 2.28. The monoisotopic (exact) mass is 405 g/mol. The van der Waals surface area contributed by atoms with Crippen LogP contribution < -0.4 is 4.74 Å². The number of Topliss-reactive ketones (excluding diaryl/α,β-unsaturated/α-hetero) is 1. The molecule has 1 aliphatic rings. The number of hydrogen-bond donors (Lipinski definition) is 0. The molecule has 2 aromatic rings. The number of piperidine rings is 1. The number of nitrogens with zero attached hydrogens (tertiary/aromatic N) is 1. The minimum absolute atomic E-state index is 0.0900. The molecule has 0 aromatic heterocycles. The molecule has 0 aliphatic carbocycles. The zero-order valence-electron chi connectivity index (χ0n) is 16.3. The number of rotatable bonds is 5. The summed E-state index contributed by atoms with van der Waals surface area (Å²) in [5, 5.41) is 0. The molecule has 1 fully saturated rings. The molecule has 1 heterocycles. The van der Waals surface area contributed by atoms with Crippen LogP contribution in [0.1, 0.15) is 47.4 Å². The number of ether oxygens (including phenoxy) is 1. The first-order valence-corrected chi connectivity index (χ1v) is 9.51. The molecular formula is C22H22F3NO3. The minimum atomic E-state index is -1.20. The molecule has 1 saturated heterocycles. The van der Waals surface area contributed by atoms with E-state index in [1.165, 1.54) is 0 Å². The Bertz CT molecular complexity index is 898. The molecule has 154 valence electrons. The Balaban J connectivity index is 1.70. The van der Waals surface area contributed by atoms with Crippen molar-refractivity contribution in [3.8, 4) is 5.75 Å². The molecule has 0 spiro atoms. The summed E-state index contributed by atoms with van der Waals surface area (Å²) in [4.78, 5) is 27.0. The Morgan fingerprint density at radius 2 is 1.62 bits per heavy atom. The second-order valence-corrected chi connectivity index (χ2v) is 7.34. The lowest BCUT2D eigenvalue weighted by Crippen LogP contribution is -2.40. The predicted octanol–water partition coefficient (Wildman–Crippen LogP) is 4.63. The third-order valence-electron chi connectivity index (χ3n) is 4.89. The number of hydrogen-bond acceptors (Lipinski definition) is 3. The number of likely N-dealkylation sites (tertiary alicyclic amines) is 1. The normalized spacial score (nSPS) is 14.9. The van der Waals surface area contributed by atoms with E-state index in [2.05, 4.69) is 0 Å². The summed E-state index contributed by atoms with van der Waals surface area (Å²) < 4.78 is 46.6. The van der Waals surface area contributed by atoms with E-state index < -0.39 is 34.7 Å². The van der Waals surface area contributed by atoms with Crippen LogP contribution in [0.2, 0.25) is 0 Å². The topological polar surface area (TPSA) is 46.6 Å². The molecule has 4 nitrogen and oxygen atoms in total. The number of benzene rings is 2. The average molecular weight is 405 g/mol. The Kier molecular flexibility index (Phi) is 6.25. The first-order chi connectivity index (χ1) is 13.8. The standard InChI is InChI=1S/C22H22F3NO3/c1-13(2)29-19-6-4-3-5-16(19)22(28)26-9-7-14(8-10-26)21(27)20-17(24)11-15(23)12-18(20)25/h3-6,11-14H,7-10H2,1-2H3. The van der Waals surface area contributed by atoms with Crippen molar-refractivity contribution in [2.24, 2.45) is 5.92 Å². The first kappa shape index (κ1) is 20.9. The van der Waals surface area contributed by atoms with Crippen LogP contribution in [0.15, 0.2) is 36.4 Å². The van der Waals surface area contributed by atoms with E-state index in [0.29, 0.717) is 23.4 Å². The molecule has 1 aliphatic heterocycles. The molecule has 2 aromatic carbocycles. The van der Waals surface area contributed by atoms with Gasteiger partial charge in [0, 0.05) is 31.1 Å². The second kappa shape index (κ2) is 8.68. The van der Waals surface area contributed by atoms with Crippen molar-refractivity contribution in [3.63, 3.8) is 0 Å². The van der Waals surface area contributed by atoms with E-state index in [1.54, 1.807) is 29.2 Å². The summed E-state index contributed by atoms with van der Waals surface area (Å²) in [7, 11) is 0. The third kappa shape index (κ3) is 4.60. The van der Waals surface area contributed by atoms with E-state index in [4.69, 9.17) is 4.74 Å².